The molecular weight excluding hydrogens is 346 g/mol. The lowest BCUT2D eigenvalue weighted by Crippen LogP contribution is -2.41. The molecule has 0 aliphatic carbocycles. The van der Waals surface area contributed by atoms with Gasteiger partial charge in [0.1, 0.15) is 6.54 Å². The smallest absolute Gasteiger partial charge is 0.212 e. The lowest BCUT2D eigenvalue weighted by molar-refractivity contribution is -0.136. The van der Waals surface area contributed by atoms with Gasteiger partial charge in [0.25, 0.3) is 0 Å². The van der Waals surface area contributed by atoms with Gasteiger partial charge in [0.2, 0.25) is 10.0 Å². The van der Waals surface area contributed by atoms with Crippen LogP contribution < -0.4 is 0 Å². The van der Waals surface area contributed by atoms with Crippen molar-refractivity contribution in [3.05, 3.63) is 0 Å². The fourth-order valence-electron chi connectivity index (χ4n) is 0.867. The van der Waals surface area contributed by atoms with Gasteiger partial charge in [-0.15, -0.1) is 0 Å². The van der Waals surface area contributed by atoms with Gasteiger partial charge in [0.05, 0.1) is 6.26 Å². The monoisotopic (exact) mass is 359 g/mol. The van der Waals surface area contributed by atoms with Crippen molar-refractivity contribution in [1.82, 2.24) is 4.31 Å². The van der Waals surface area contributed by atoms with Crippen molar-refractivity contribution < 1.29 is 21.6 Å². The first-order valence-electron chi connectivity index (χ1n) is 4.22. The van der Waals surface area contributed by atoms with E-state index in [4.69, 9.17) is 0 Å². The Balaban J connectivity index is 4.62. The van der Waals surface area contributed by atoms with E-state index in [1.54, 1.807) is 6.92 Å². The van der Waals surface area contributed by atoms with Gasteiger partial charge in [-0.25, -0.2) is 8.42 Å². The van der Waals surface area contributed by atoms with Crippen molar-refractivity contribution in [2.24, 2.45) is 0 Å². The summed E-state index contributed by atoms with van der Waals surface area (Å²) in [6.07, 6.45) is -3.07. The molecule has 0 fully saturated rings. The zero-order valence-electron chi connectivity index (χ0n) is 8.38. The van der Waals surface area contributed by atoms with Crippen molar-refractivity contribution in [3.63, 3.8) is 0 Å². The molecule has 0 aliphatic heterocycles. The van der Waals surface area contributed by atoms with Crippen LogP contribution >= 0.6 is 22.6 Å². The highest BCUT2D eigenvalue weighted by atomic mass is 127. The quantitative estimate of drug-likeness (QED) is 0.557. The number of nitrogens with zero attached hydrogens (tertiary/aromatic N) is 1. The Morgan fingerprint density at radius 1 is 1.40 bits per heavy atom. The van der Waals surface area contributed by atoms with Gasteiger partial charge in [0, 0.05) is 10.5 Å². The minimum absolute atomic E-state index is 0.102. The first kappa shape index (κ1) is 15.4. The van der Waals surface area contributed by atoms with Crippen LogP contribution in [0.1, 0.15) is 13.3 Å². The fraction of sp³-hybridized carbons (Fsp3) is 1.00. The summed E-state index contributed by atoms with van der Waals surface area (Å²) in [4.78, 5) is 0. The van der Waals surface area contributed by atoms with E-state index < -0.39 is 22.7 Å². The molecule has 92 valence electrons. The molecule has 8 heteroatoms. The fourth-order valence-corrected chi connectivity index (χ4v) is 2.44. The van der Waals surface area contributed by atoms with Crippen molar-refractivity contribution >= 4 is 32.6 Å². The van der Waals surface area contributed by atoms with E-state index in [9.17, 15) is 21.6 Å². The first-order chi connectivity index (χ1) is 6.56. The molecule has 0 spiro atoms. The summed E-state index contributed by atoms with van der Waals surface area (Å²) < 4.78 is 58.8. The summed E-state index contributed by atoms with van der Waals surface area (Å²) in [5.74, 6) is 0. The van der Waals surface area contributed by atoms with Gasteiger partial charge in [0.15, 0.2) is 0 Å². The maximum absolute atomic E-state index is 12.1. The Bertz CT molecular complexity index is 291. The molecule has 0 saturated heterocycles. The molecule has 0 saturated carbocycles. The second-order valence-corrected chi connectivity index (χ2v) is 6.92. The number of rotatable bonds is 5. The van der Waals surface area contributed by atoms with E-state index in [0.717, 1.165) is 6.26 Å². The number of halogens is 4. The van der Waals surface area contributed by atoms with Gasteiger partial charge in [-0.05, 0) is 6.42 Å². The van der Waals surface area contributed by atoms with E-state index in [1.165, 1.54) is 0 Å². The zero-order valence-corrected chi connectivity index (χ0v) is 11.4. The summed E-state index contributed by atoms with van der Waals surface area (Å²) in [7, 11) is -3.79. The molecule has 0 heterocycles. The molecule has 0 aromatic rings. The van der Waals surface area contributed by atoms with E-state index in [-0.39, 0.29) is 10.5 Å². The topological polar surface area (TPSA) is 37.4 Å². The van der Waals surface area contributed by atoms with Crippen molar-refractivity contribution in [1.29, 1.82) is 0 Å². The Hall–Kier alpha value is 0.430. The molecule has 1 unspecified atom stereocenters. The first-order valence-corrected chi connectivity index (χ1v) is 7.31. The predicted molar refractivity (Wildman–Crippen MR) is 60.6 cm³/mol. The molecule has 0 rings (SSSR count). The Morgan fingerprint density at radius 3 is 2.13 bits per heavy atom. The van der Waals surface area contributed by atoms with Crippen LogP contribution in [0.3, 0.4) is 0 Å². The van der Waals surface area contributed by atoms with Gasteiger partial charge >= 0.3 is 6.18 Å². The summed E-state index contributed by atoms with van der Waals surface area (Å²) in [6.45, 7) is 0.284. The van der Waals surface area contributed by atoms with Crippen molar-refractivity contribution in [3.8, 4) is 0 Å². The summed E-state index contributed by atoms with van der Waals surface area (Å²) >= 11 is 1.94. The van der Waals surface area contributed by atoms with Crippen LogP contribution in [0, 0.1) is 0 Å². The van der Waals surface area contributed by atoms with E-state index in [0.29, 0.717) is 10.7 Å². The number of hydrogen-bond acceptors (Lipinski definition) is 2. The molecule has 0 radical (unpaired) electrons. The van der Waals surface area contributed by atoms with Gasteiger partial charge in [-0.3, -0.25) is 0 Å². The average molecular weight is 359 g/mol. The highest BCUT2D eigenvalue weighted by Gasteiger charge is 2.35. The van der Waals surface area contributed by atoms with Crippen molar-refractivity contribution in [2.45, 2.75) is 23.4 Å². The van der Waals surface area contributed by atoms with E-state index in [2.05, 4.69) is 0 Å². The molecule has 0 aromatic carbocycles. The van der Waals surface area contributed by atoms with E-state index >= 15 is 0 Å². The molecule has 0 aromatic heterocycles. The highest BCUT2D eigenvalue weighted by molar-refractivity contribution is 14.1. The molecule has 15 heavy (non-hydrogen) atoms. The predicted octanol–water partition coefficient (Wildman–Crippen LogP) is 2.02. The Labute approximate surface area is 101 Å². The second-order valence-electron chi connectivity index (χ2n) is 3.18. The van der Waals surface area contributed by atoms with Crippen LogP contribution in [0.5, 0.6) is 0 Å². The van der Waals surface area contributed by atoms with Crippen LogP contribution in [0.2, 0.25) is 0 Å². The minimum Gasteiger partial charge on any atom is -0.212 e. The summed E-state index contributed by atoms with van der Waals surface area (Å²) in [5, 5.41) is 0. The number of alkyl halides is 4. The molecular formula is C7H13F3INO2S. The lowest BCUT2D eigenvalue weighted by atomic mass is 10.3. The largest absolute Gasteiger partial charge is 0.402 e. The minimum atomic E-state index is -4.49. The van der Waals surface area contributed by atoms with E-state index in [1.807, 2.05) is 22.6 Å². The molecule has 0 aliphatic rings. The van der Waals surface area contributed by atoms with Crippen LogP contribution in [0.15, 0.2) is 0 Å². The third kappa shape index (κ3) is 7.34. The van der Waals surface area contributed by atoms with Crippen LogP contribution in [-0.2, 0) is 10.0 Å². The average Bonchev–Trinajstić information content (AvgIpc) is 1.98. The van der Waals surface area contributed by atoms with Crippen LogP contribution in [0.25, 0.3) is 0 Å². The molecule has 0 N–H and O–H groups in total. The maximum Gasteiger partial charge on any atom is 0.402 e. The summed E-state index contributed by atoms with van der Waals surface area (Å²) in [5.41, 5.74) is 0. The van der Waals surface area contributed by atoms with Gasteiger partial charge in [-0.1, -0.05) is 29.5 Å². The van der Waals surface area contributed by atoms with Crippen LogP contribution in [0.4, 0.5) is 13.2 Å². The van der Waals surface area contributed by atoms with Gasteiger partial charge in [-0.2, -0.15) is 17.5 Å². The maximum atomic E-state index is 12.1. The standard InChI is InChI=1S/C7H13F3INO2S/c1-3-6(11)4-12(15(2,13)14)5-7(8,9)10/h6H,3-5H2,1-2H3. The molecule has 0 bridgehead atoms. The third-order valence-corrected chi connectivity index (χ3v) is 4.16. The third-order valence-electron chi connectivity index (χ3n) is 1.67. The summed E-state index contributed by atoms with van der Waals surface area (Å²) in [6, 6.07) is 0. The molecule has 1 atom stereocenters. The molecule has 0 amide bonds. The normalized spacial score (nSPS) is 15.7. The zero-order chi connectivity index (χ0) is 12.3. The van der Waals surface area contributed by atoms with Crippen molar-refractivity contribution in [2.75, 3.05) is 19.3 Å². The van der Waals surface area contributed by atoms with Crippen LogP contribution in [-0.4, -0.2) is 42.2 Å². The molecule has 3 nitrogen and oxygen atoms in total. The lowest BCUT2D eigenvalue weighted by Gasteiger charge is -2.23. The van der Waals surface area contributed by atoms with Gasteiger partial charge < -0.3 is 0 Å². The SMILES string of the molecule is CCC(I)CN(CC(F)(F)F)S(C)(=O)=O. The Kier molecular flexibility index (Phi) is 5.83. The number of hydrogen-bond donors (Lipinski definition) is 0. The highest BCUT2D eigenvalue weighted by Crippen LogP contribution is 2.20. The number of sulfonamides is 1. The Morgan fingerprint density at radius 2 is 1.87 bits per heavy atom. The second kappa shape index (κ2) is 5.67.